The number of fused-ring (bicyclic) bond motifs is 2. The average Bonchev–Trinajstić information content (AvgIpc) is 1.72. The number of alkyl halides is 3. The Morgan fingerprint density at radius 3 is 1.85 bits per heavy atom. The molecule has 28 heteroatoms. The Bertz CT molecular complexity index is 3140. The Morgan fingerprint density at radius 1 is 0.646 bits per heavy atom. The van der Waals surface area contributed by atoms with Crippen molar-refractivity contribution in [1.82, 2.24) is 60.0 Å². The molecule has 552 valence electrons. The van der Waals surface area contributed by atoms with Gasteiger partial charge in [-0.05, 0) is 132 Å². The summed E-state index contributed by atoms with van der Waals surface area (Å²) < 4.78 is 41.6. The first-order valence-corrected chi connectivity index (χ1v) is 36.2. The predicted octanol–water partition coefficient (Wildman–Crippen LogP) is 5.64. The SMILES string of the molecule is CC[C@H](C)[C@@H]1NC(=O)[C@H](CC(C)C)N(C)C(=O)C[C@H](C(=O)N2CCCCC2)N(C)C(=O)[C@H](C(C)C)N(C)C(=O)C2(CCCC2)NC(=O)[C@@H]2CCCN2C(=O)[C@H](CCc2ccc(C(F)(F)F)c(Cl)c2)NC(=O)CN(C)C(=O)[C@H](C2CCCCC2)N(C)C(=O)[C@@H]2CCN2C(=O)[C@H](C)N(C)C1=O. The fourth-order valence-corrected chi connectivity index (χ4v) is 15.7. The fraction of sp³-hybridized carbons (Fsp3) is 0.746. The number of likely N-dealkylation sites (tertiary alicyclic amines) is 1. The summed E-state index contributed by atoms with van der Waals surface area (Å²) in [6.45, 7) is 12.6. The second kappa shape index (κ2) is 34.1. The molecule has 24 nitrogen and oxygen atoms in total. The largest absolute Gasteiger partial charge is 0.417 e. The lowest BCUT2D eigenvalue weighted by Crippen LogP contribution is -2.65. The van der Waals surface area contributed by atoms with Crippen LogP contribution in [0.25, 0.3) is 0 Å². The third-order valence-electron chi connectivity index (χ3n) is 21.9. The lowest BCUT2D eigenvalue weighted by atomic mass is 9.82. The van der Waals surface area contributed by atoms with Gasteiger partial charge in [0.2, 0.25) is 70.9 Å². The number of nitrogens with zero attached hydrogens (tertiary/aromatic N) is 9. The van der Waals surface area contributed by atoms with Crippen molar-refractivity contribution in [3.8, 4) is 0 Å². The van der Waals surface area contributed by atoms with E-state index < -0.39 is 172 Å². The molecule has 2 saturated carbocycles. The quantitative estimate of drug-likeness (QED) is 0.257. The molecular weight excluding hydrogens is 1310 g/mol. The van der Waals surface area contributed by atoms with E-state index in [4.69, 9.17) is 11.6 Å². The van der Waals surface area contributed by atoms with Gasteiger partial charge in [0.25, 0.3) is 0 Å². The molecular formula is C71H108ClF3N12O12. The van der Waals surface area contributed by atoms with Crippen LogP contribution in [0.4, 0.5) is 13.2 Å². The summed E-state index contributed by atoms with van der Waals surface area (Å²) in [4.78, 5) is 192. The molecule has 99 heavy (non-hydrogen) atoms. The maximum atomic E-state index is 15.4. The molecule has 0 unspecified atom stereocenters. The van der Waals surface area contributed by atoms with Crippen molar-refractivity contribution < 1.29 is 70.7 Å². The van der Waals surface area contributed by atoms with Crippen LogP contribution in [0.5, 0.6) is 0 Å². The van der Waals surface area contributed by atoms with Crippen LogP contribution in [0.15, 0.2) is 18.2 Å². The Kier molecular flexibility index (Phi) is 27.3. The fourth-order valence-electron chi connectivity index (χ4n) is 15.4. The van der Waals surface area contributed by atoms with E-state index >= 15 is 28.8 Å². The zero-order valence-corrected chi connectivity index (χ0v) is 61.1. The highest BCUT2D eigenvalue weighted by molar-refractivity contribution is 6.31. The molecule has 2 aliphatic carbocycles. The molecule has 1 spiro atoms. The van der Waals surface area contributed by atoms with Gasteiger partial charge in [0.1, 0.15) is 59.9 Å². The molecule has 7 rings (SSSR count). The summed E-state index contributed by atoms with van der Waals surface area (Å²) >= 11 is 6.15. The van der Waals surface area contributed by atoms with Crippen LogP contribution in [0.2, 0.25) is 5.02 Å². The van der Waals surface area contributed by atoms with E-state index in [1.807, 2.05) is 20.8 Å². The number of carbonyl (C=O) groups is 12. The highest BCUT2D eigenvalue weighted by atomic mass is 35.5. The molecule has 4 saturated heterocycles. The number of benzene rings is 1. The van der Waals surface area contributed by atoms with Gasteiger partial charge in [0.15, 0.2) is 0 Å². The van der Waals surface area contributed by atoms with Gasteiger partial charge in [-0.15, -0.1) is 0 Å². The van der Waals surface area contributed by atoms with Crippen molar-refractivity contribution in [2.45, 2.75) is 243 Å². The van der Waals surface area contributed by atoms with Gasteiger partial charge in [0, 0.05) is 68.5 Å². The van der Waals surface area contributed by atoms with Crippen molar-refractivity contribution in [3.63, 3.8) is 0 Å². The van der Waals surface area contributed by atoms with Crippen LogP contribution in [0, 0.1) is 23.7 Å². The second-order valence-electron chi connectivity index (χ2n) is 29.6. The number of nitrogens with one attached hydrogen (secondary N) is 3. The van der Waals surface area contributed by atoms with Gasteiger partial charge in [-0.1, -0.05) is 97.7 Å². The van der Waals surface area contributed by atoms with E-state index in [1.54, 1.807) is 25.7 Å². The maximum absolute atomic E-state index is 15.4. The van der Waals surface area contributed by atoms with Crippen LogP contribution >= 0.6 is 11.6 Å². The van der Waals surface area contributed by atoms with E-state index in [2.05, 4.69) is 16.0 Å². The number of amides is 12. The minimum atomic E-state index is -4.76. The summed E-state index contributed by atoms with van der Waals surface area (Å²) in [5.41, 5.74) is -2.35. The minimum absolute atomic E-state index is 0.0337. The van der Waals surface area contributed by atoms with Crippen LogP contribution in [-0.2, 0) is 70.1 Å². The summed E-state index contributed by atoms with van der Waals surface area (Å²) in [6, 6.07) is -7.82. The Morgan fingerprint density at radius 2 is 1.27 bits per heavy atom. The third-order valence-corrected chi connectivity index (χ3v) is 22.2. The first-order chi connectivity index (χ1) is 46.6. The molecule has 4 aliphatic heterocycles. The van der Waals surface area contributed by atoms with Gasteiger partial charge in [0.05, 0.1) is 23.6 Å². The van der Waals surface area contributed by atoms with Gasteiger partial charge in [-0.3, -0.25) is 57.5 Å². The summed E-state index contributed by atoms with van der Waals surface area (Å²) in [6.07, 6.45) is 2.73. The number of rotatable bonds is 10. The minimum Gasteiger partial charge on any atom is -0.343 e. The van der Waals surface area contributed by atoms with Crippen molar-refractivity contribution >= 4 is 82.5 Å². The molecule has 6 fully saturated rings. The topological polar surface area (TPSA) is 270 Å². The lowest BCUT2D eigenvalue weighted by molar-refractivity contribution is -0.161. The molecule has 0 aromatic heterocycles. The van der Waals surface area contributed by atoms with Crippen LogP contribution in [0.1, 0.15) is 182 Å². The van der Waals surface area contributed by atoms with Crippen LogP contribution in [0.3, 0.4) is 0 Å². The molecule has 10 atom stereocenters. The van der Waals surface area contributed by atoms with Gasteiger partial charge in [-0.2, -0.15) is 13.2 Å². The standard InChI is InChI=1S/C71H108ClF3N12O12/c1-14-44(6)57-66(96)80(9)45(7)62(92)87-37-31-52(87)64(94)83(12)59(47-24-17-15-18-25-47)67(97)79(8)41-55(88)76-50(30-28-46-27-29-48(49(72)39-46)71(73,74)75)63(93)86-36-23-26-51(86)61(91)78-70(32-19-20-33-70)69(99)84(13)58(43(4)5)68(98)82(11)54(65(95)85-34-21-16-22-35-85)40-56(89)81(10)53(38-42(2)3)60(90)77-57/h27,29,39,42-45,47,50-54,57-59H,14-26,28,30-38,40-41H2,1-13H3,(H,76,88)(H,77,90)(H,78,91)/t44-,45-,50-,51-,52-,53-,54+,57-,58-,59-/m0/s1. The van der Waals surface area contributed by atoms with Crippen molar-refractivity contribution in [2.24, 2.45) is 23.7 Å². The molecule has 0 radical (unpaired) electrons. The zero-order valence-electron chi connectivity index (χ0n) is 60.4. The number of aryl methyl sites for hydroxylation is 1. The van der Waals surface area contributed by atoms with Gasteiger partial charge in [-0.25, -0.2) is 0 Å². The first kappa shape index (κ1) is 79.3. The van der Waals surface area contributed by atoms with Crippen LogP contribution < -0.4 is 16.0 Å². The second-order valence-corrected chi connectivity index (χ2v) is 30.0. The Labute approximate surface area is 586 Å². The number of carbonyl (C=O) groups excluding carboxylic acids is 12. The number of piperidine rings is 1. The van der Waals surface area contributed by atoms with Crippen molar-refractivity contribution in [3.05, 3.63) is 34.3 Å². The third kappa shape index (κ3) is 18.4. The normalized spacial score (nSPS) is 28.0. The van der Waals surface area contributed by atoms with E-state index in [0.717, 1.165) is 42.7 Å². The van der Waals surface area contributed by atoms with E-state index in [9.17, 15) is 41.9 Å². The number of halogens is 4. The first-order valence-electron chi connectivity index (χ1n) is 35.8. The smallest absolute Gasteiger partial charge is 0.343 e. The molecule has 12 amide bonds. The zero-order chi connectivity index (χ0) is 73.3. The summed E-state index contributed by atoms with van der Waals surface area (Å²) in [7, 11) is 8.61. The Hall–Kier alpha value is -7.06. The van der Waals surface area contributed by atoms with E-state index in [0.29, 0.717) is 70.0 Å². The monoisotopic (exact) mass is 1410 g/mol. The Balaban J connectivity index is 1.29. The van der Waals surface area contributed by atoms with E-state index in [1.165, 1.54) is 89.6 Å². The summed E-state index contributed by atoms with van der Waals surface area (Å²) in [5, 5.41) is 8.15. The van der Waals surface area contributed by atoms with Crippen molar-refractivity contribution in [2.75, 3.05) is 75.0 Å². The molecule has 4 heterocycles. The number of hydrogen-bond donors (Lipinski definition) is 3. The maximum Gasteiger partial charge on any atom is 0.417 e. The molecule has 1 aromatic rings. The average molecular weight is 1410 g/mol. The summed E-state index contributed by atoms with van der Waals surface area (Å²) in [5.74, 6) is -9.25. The molecule has 6 aliphatic rings. The molecule has 3 N–H and O–H groups in total. The number of likely N-dealkylation sites (N-methyl/N-ethyl adjacent to an activating group) is 6. The van der Waals surface area contributed by atoms with Crippen molar-refractivity contribution in [1.29, 1.82) is 0 Å². The highest BCUT2D eigenvalue weighted by Crippen LogP contribution is 2.38. The van der Waals surface area contributed by atoms with E-state index in [-0.39, 0.29) is 69.9 Å². The lowest BCUT2D eigenvalue weighted by Gasteiger charge is -2.46. The van der Waals surface area contributed by atoms with Crippen LogP contribution in [-0.4, -0.2) is 250 Å². The van der Waals surface area contributed by atoms with Gasteiger partial charge >= 0.3 is 6.18 Å². The van der Waals surface area contributed by atoms with Gasteiger partial charge < -0.3 is 60.0 Å². The molecule has 1 aromatic carbocycles. The number of hydrogen-bond acceptors (Lipinski definition) is 12. The molecule has 0 bridgehead atoms. The highest BCUT2D eigenvalue weighted by Gasteiger charge is 2.52. The predicted molar refractivity (Wildman–Crippen MR) is 364 cm³/mol.